The number of aliphatic hydroxyl groups excluding tert-OH is 1. The molecule has 0 aromatic carbocycles. The molecule has 78 valence electrons. The maximum Gasteiger partial charge on any atom is 0.223 e. The predicted molar refractivity (Wildman–Crippen MR) is 50.3 cm³/mol. The van der Waals surface area contributed by atoms with E-state index in [0.29, 0.717) is 12.1 Å². The van der Waals surface area contributed by atoms with E-state index >= 15 is 0 Å². The van der Waals surface area contributed by atoms with Crippen LogP contribution in [0.25, 0.3) is 0 Å². The number of imidazole rings is 1. The first-order valence-corrected chi connectivity index (χ1v) is 4.28. The SMILES string of the molecule is CCC(N)(N)c1cnc(C(=O)CO)[nH]1. The van der Waals surface area contributed by atoms with E-state index in [0.717, 1.165) is 0 Å². The molecule has 0 saturated heterocycles. The third-order valence-corrected chi connectivity index (χ3v) is 2.07. The van der Waals surface area contributed by atoms with Crippen LogP contribution in [0.4, 0.5) is 0 Å². The van der Waals surface area contributed by atoms with E-state index in [1.807, 2.05) is 6.92 Å². The number of rotatable bonds is 4. The van der Waals surface area contributed by atoms with Gasteiger partial charge >= 0.3 is 0 Å². The molecular weight excluding hydrogens is 184 g/mol. The highest BCUT2D eigenvalue weighted by Gasteiger charge is 2.22. The number of carbonyl (C=O) groups excluding carboxylic acids is 1. The highest BCUT2D eigenvalue weighted by molar-refractivity contribution is 5.93. The number of nitrogens with zero attached hydrogens (tertiary/aromatic N) is 1. The van der Waals surface area contributed by atoms with Crippen molar-refractivity contribution in [2.75, 3.05) is 6.61 Å². The molecule has 0 spiro atoms. The number of nitrogens with two attached hydrogens (primary N) is 2. The Labute approximate surface area is 81.3 Å². The molecule has 0 aliphatic carbocycles. The molecule has 6 heteroatoms. The first-order chi connectivity index (χ1) is 6.51. The van der Waals surface area contributed by atoms with Gasteiger partial charge in [-0.2, -0.15) is 0 Å². The second-order valence-electron chi connectivity index (χ2n) is 3.12. The van der Waals surface area contributed by atoms with Gasteiger partial charge in [-0.15, -0.1) is 0 Å². The van der Waals surface area contributed by atoms with Crippen molar-refractivity contribution in [3.8, 4) is 0 Å². The molecule has 0 aliphatic rings. The van der Waals surface area contributed by atoms with E-state index < -0.39 is 18.1 Å². The predicted octanol–water partition coefficient (Wildman–Crippen LogP) is -0.935. The molecule has 1 aromatic rings. The van der Waals surface area contributed by atoms with Gasteiger partial charge in [0.25, 0.3) is 0 Å². The van der Waals surface area contributed by atoms with E-state index in [9.17, 15) is 4.79 Å². The van der Waals surface area contributed by atoms with Gasteiger partial charge in [-0.05, 0) is 6.42 Å². The average Bonchev–Trinajstić information content (AvgIpc) is 2.66. The van der Waals surface area contributed by atoms with Crippen LogP contribution in [-0.2, 0) is 5.66 Å². The quantitative estimate of drug-likeness (QED) is 0.368. The van der Waals surface area contributed by atoms with Crippen molar-refractivity contribution < 1.29 is 9.90 Å². The largest absolute Gasteiger partial charge is 0.388 e. The molecule has 0 fully saturated rings. The van der Waals surface area contributed by atoms with Crippen LogP contribution in [0.2, 0.25) is 0 Å². The topological polar surface area (TPSA) is 118 Å². The Bertz CT molecular complexity index is 332. The lowest BCUT2D eigenvalue weighted by molar-refractivity contribution is 0.0894. The molecule has 0 unspecified atom stereocenters. The molecule has 6 nitrogen and oxygen atoms in total. The van der Waals surface area contributed by atoms with Gasteiger partial charge in [0.05, 0.1) is 11.9 Å². The molecule has 0 bridgehead atoms. The van der Waals surface area contributed by atoms with Crippen LogP contribution >= 0.6 is 0 Å². The lowest BCUT2D eigenvalue weighted by Gasteiger charge is -2.20. The van der Waals surface area contributed by atoms with Gasteiger partial charge in [-0.1, -0.05) is 6.92 Å². The van der Waals surface area contributed by atoms with Crippen LogP contribution in [0.3, 0.4) is 0 Å². The van der Waals surface area contributed by atoms with Gasteiger partial charge in [-0.25, -0.2) is 4.98 Å². The number of aromatic amines is 1. The van der Waals surface area contributed by atoms with E-state index in [2.05, 4.69) is 9.97 Å². The summed E-state index contributed by atoms with van der Waals surface area (Å²) in [6.07, 6.45) is 1.92. The third-order valence-electron chi connectivity index (χ3n) is 2.07. The second kappa shape index (κ2) is 3.87. The average molecular weight is 198 g/mol. The highest BCUT2D eigenvalue weighted by Crippen LogP contribution is 2.13. The maximum absolute atomic E-state index is 11.0. The Hall–Kier alpha value is -1.24. The normalized spacial score (nSPS) is 11.7. The smallest absolute Gasteiger partial charge is 0.223 e. The number of H-pyrrole nitrogens is 1. The number of hydrogen-bond donors (Lipinski definition) is 4. The van der Waals surface area contributed by atoms with Crippen molar-refractivity contribution in [2.45, 2.75) is 19.0 Å². The monoisotopic (exact) mass is 198 g/mol. The second-order valence-corrected chi connectivity index (χ2v) is 3.12. The van der Waals surface area contributed by atoms with E-state index in [4.69, 9.17) is 16.6 Å². The minimum atomic E-state index is -1.01. The van der Waals surface area contributed by atoms with E-state index in [1.54, 1.807) is 0 Å². The lowest BCUT2D eigenvalue weighted by atomic mass is 10.1. The minimum Gasteiger partial charge on any atom is -0.388 e. The van der Waals surface area contributed by atoms with Gasteiger partial charge in [0.15, 0.2) is 5.82 Å². The minimum absolute atomic E-state index is 0.0798. The third kappa shape index (κ3) is 1.98. The molecule has 0 saturated carbocycles. The zero-order valence-corrected chi connectivity index (χ0v) is 7.95. The van der Waals surface area contributed by atoms with Gasteiger partial charge in [0, 0.05) is 0 Å². The molecule has 0 aliphatic heterocycles. The van der Waals surface area contributed by atoms with Crippen molar-refractivity contribution in [2.24, 2.45) is 11.5 Å². The van der Waals surface area contributed by atoms with Crippen LogP contribution in [0.1, 0.15) is 29.7 Å². The van der Waals surface area contributed by atoms with Crippen molar-refractivity contribution in [3.63, 3.8) is 0 Å². The Morgan fingerprint density at radius 3 is 2.86 bits per heavy atom. The Kier molecular flexibility index (Phi) is 3.00. The summed E-state index contributed by atoms with van der Waals surface area (Å²) >= 11 is 0. The summed E-state index contributed by atoms with van der Waals surface area (Å²) in [6.45, 7) is 1.25. The lowest BCUT2D eigenvalue weighted by Crippen LogP contribution is -2.45. The van der Waals surface area contributed by atoms with Crippen molar-refractivity contribution >= 4 is 5.78 Å². The van der Waals surface area contributed by atoms with Crippen LogP contribution in [0, 0.1) is 0 Å². The zero-order chi connectivity index (χ0) is 10.8. The fourth-order valence-corrected chi connectivity index (χ4v) is 0.965. The first-order valence-electron chi connectivity index (χ1n) is 4.28. The molecule has 0 amide bonds. The summed E-state index contributed by atoms with van der Waals surface area (Å²) in [5.41, 5.74) is 10.9. The summed E-state index contributed by atoms with van der Waals surface area (Å²) in [7, 11) is 0. The Balaban J connectivity index is 2.93. The number of hydrogen-bond acceptors (Lipinski definition) is 5. The number of aliphatic hydroxyl groups is 1. The summed E-state index contributed by atoms with van der Waals surface area (Å²) in [6, 6.07) is 0. The van der Waals surface area contributed by atoms with Crippen LogP contribution < -0.4 is 11.5 Å². The van der Waals surface area contributed by atoms with Gasteiger partial charge in [-0.3, -0.25) is 4.79 Å². The maximum atomic E-state index is 11.0. The van der Waals surface area contributed by atoms with Crippen molar-refractivity contribution in [1.29, 1.82) is 0 Å². The number of carbonyl (C=O) groups is 1. The zero-order valence-electron chi connectivity index (χ0n) is 7.95. The van der Waals surface area contributed by atoms with E-state index in [-0.39, 0.29) is 5.82 Å². The molecule has 6 N–H and O–H groups in total. The Morgan fingerprint density at radius 2 is 2.36 bits per heavy atom. The van der Waals surface area contributed by atoms with Crippen molar-refractivity contribution in [1.82, 2.24) is 9.97 Å². The fraction of sp³-hybridized carbons (Fsp3) is 0.500. The number of nitrogens with one attached hydrogen (secondary N) is 1. The van der Waals surface area contributed by atoms with Gasteiger partial charge in [0.1, 0.15) is 12.3 Å². The molecule has 1 rings (SSSR count). The summed E-state index contributed by atoms with van der Waals surface area (Å²) in [4.78, 5) is 17.5. The summed E-state index contributed by atoms with van der Waals surface area (Å²) in [5, 5.41) is 8.59. The number of ketones is 1. The van der Waals surface area contributed by atoms with Crippen molar-refractivity contribution in [3.05, 3.63) is 17.7 Å². The molecule has 1 aromatic heterocycles. The first kappa shape index (κ1) is 10.8. The molecule has 0 atom stereocenters. The van der Waals surface area contributed by atoms with Crippen LogP contribution in [0.5, 0.6) is 0 Å². The van der Waals surface area contributed by atoms with Crippen LogP contribution in [-0.4, -0.2) is 27.5 Å². The molecular formula is C8H14N4O2. The fourth-order valence-electron chi connectivity index (χ4n) is 0.965. The number of aromatic nitrogens is 2. The van der Waals surface area contributed by atoms with Gasteiger partial charge < -0.3 is 21.6 Å². The molecule has 14 heavy (non-hydrogen) atoms. The summed E-state index contributed by atoms with van der Waals surface area (Å²) in [5.74, 6) is -0.403. The Morgan fingerprint density at radius 1 is 1.71 bits per heavy atom. The highest BCUT2D eigenvalue weighted by atomic mass is 16.3. The van der Waals surface area contributed by atoms with Gasteiger partial charge in [0.2, 0.25) is 5.78 Å². The summed E-state index contributed by atoms with van der Waals surface area (Å²) < 4.78 is 0. The number of Topliss-reactive ketones (excluding diaryl/α,β-unsaturated/α-hetero) is 1. The molecule has 0 radical (unpaired) electrons. The molecule has 1 heterocycles. The standard InChI is InChI=1S/C8H14N4O2/c1-2-8(9,10)6-3-11-7(12-6)5(14)4-13/h3,13H,2,4,9-10H2,1H3,(H,11,12). The van der Waals surface area contributed by atoms with Crippen LogP contribution in [0.15, 0.2) is 6.20 Å². The van der Waals surface area contributed by atoms with E-state index in [1.165, 1.54) is 6.20 Å².